The first-order chi connectivity index (χ1) is 7.80. The zero-order chi connectivity index (χ0) is 12.8. The Morgan fingerprint density at radius 1 is 1.29 bits per heavy atom. The van der Waals surface area contributed by atoms with Crippen molar-refractivity contribution in [3.05, 3.63) is 0 Å². The second kappa shape index (κ2) is 4.40. The second-order valence-corrected chi connectivity index (χ2v) is 5.37. The quantitative estimate of drug-likeness (QED) is 0.770. The van der Waals surface area contributed by atoms with Gasteiger partial charge in [-0.2, -0.15) is 13.2 Å². The molecule has 1 saturated heterocycles. The van der Waals surface area contributed by atoms with E-state index in [1.54, 1.807) is 0 Å². The Kier molecular flexibility index (Phi) is 3.40. The number of nitrogens with zero attached hydrogens (tertiary/aromatic N) is 1. The van der Waals surface area contributed by atoms with Crippen molar-refractivity contribution in [3.63, 3.8) is 0 Å². The predicted octanol–water partition coefficient (Wildman–Crippen LogP) is 0.967. The Bertz CT molecular complexity index is 282. The maximum Gasteiger partial charge on any atom is 0.405 e. The van der Waals surface area contributed by atoms with Crippen molar-refractivity contribution in [1.82, 2.24) is 4.90 Å². The monoisotopic (exact) mass is 252 g/mol. The van der Waals surface area contributed by atoms with Gasteiger partial charge in [-0.1, -0.05) is 0 Å². The molecule has 2 aliphatic rings. The van der Waals surface area contributed by atoms with Gasteiger partial charge in [-0.15, -0.1) is 0 Å². The van der Waals surface area contributed by atoms with Crippen molar-refractivity contribution >= 4 is 0 Å². The number of likely N-dealkylation sites (tertiary alicyclic amines) is 1. The summed E-state index contributed by atoms with van der Waals surface area (Å²) in [7, 11) is 0. The molecule has 0 aromatic rings. The van der Waals surface area contributed by atoms with E-state index in [0.29, 0.717) is 13.1 Å². The lowest BCUT2D eigenvalue weighted by Crippen LogP contribution is -2.54. The summed E-state index contributed by atoms with van der Waals surface area (Å²) in [6.45, 7) is 2.12. The van der Waals surface area contributed by atoms with Gasteiger partial charge in [0.2, 0.25) is 0 Å². The molecule has 5 atom stereocenters. The first kappa shape index (κ1) is 13.1. The van der Waals surface area contributed by atoms with E-state index in [2.05, 4.69) is 0 Å². The molecule has 3 nitrogen and oxygen atoms in total. The highest BCUT2D eigenvalue weighted by molar-refractivity contribution is 4.98. The highest BCUT2D eigenvalue weighted by atomic mass is 19.4. The van der Waals surface area contributed by atoms with E-state index in [1.807, 2.05) is 0 Å². The summed E-state index contributed by atoms with van der Waals surface area (Å²) in [5.74, 6) is 0.201. The Hall–Kier alpha value is -0.330. The van der Waals surface area contributed by atoms with Gasteiger partial charge in [0.1, 0.15) is 6.04 Å². The summed E-state index contributed by atoms with van der Waals surface area (Å²) in [6.07, 6.45) is -3.19. The molecule has 100 valence electrons. The molecule has 1 heterocycles. The number of aliphatic hydroxyl groups is 1. The third-order valence-electron chi connectivity index (χ3n) is 4.07. The van der Waals surface area contributed by atoms with E-state index in [-0.39, 0.29) is 11.8 Å². The fourth-order valence-corrected chi connectivity index (χ4v) is 3.34. The number of hydrogen-bond donors (Lipinski definition) is 2. The van der Waals surface area contributed by atoms with Gasteiger partial charge in [-0.05, 0) is 25.7 Å². The molecule has 0 amide bonds. The molecule has 0 spiro atoms. The maximum absolute atomic E-state index is 12.9. The van der Waals surface area contributed by atoms with E-state index in [1.165, 1.54) is 11.8 Å². The first-order valence-electron chi connectivity index (χ1n) is 6.05. The van der Waals surface area contributed by atoms with Crippen LogP contribution in [0.15, 0.2) is 0 Å². The minimum absolute atomic E-state index is 0.00130. The van der Waals surface area contributed by atoms with Crippen LogP contribution in [0.5, 0.6) is 0 Å². The number of alkyl halides is 3. The van der Waals surface area contributed by atoms with E-state index in [4.69, 9.17) is 5.73 Å². The molecule has 1 aliphatic heterocycles. The molecule has 3 N–H and O–H groups in total. The van der Waals surface area contributed by atoms with Crippen LogP contribution in [0.2, 0.25) is 0 Å². The molecule has 0 aromatic heterocycles. The van der Waals surface area contributed by atoms with E-state index >= 15 is 0 Å². The Labute approximate surface area is 98.8 Å². The Balaban J connectivity index is 2.08. The van der Waals surface area contributed by atoms with Crippen LogP contribution in [-0.4, -0.2) is 47.5 Å². The number of fused-ring (bicyclic) bond motifs is 1. The van der Waals surface area contributed by atoms with Crippen LogP contribution in [0, 0.1) is 11.8 Å². The van der Waals surface area contributed by atoms with Gasteiger partial charge >= 0.3 is 6.18 Å². The SMILES string of the molecule is CC(N)C(N1CC2CCC(O)C2C1)C(F)(F)F. The van der Waals surface area contributed by atoms with Gasteiger partial charge in [0.05, 0.1) is 6.10 Å². The lowest BCUT2D eigenvalue weighted by molar-refractivity contribution is -0.186. The second-order valence-electron chi connectivity index (χ2n) is 5.37. The molecule has 0 radical (unpaired) electrons. The summed E-state index contributed by atoms with van der Waals surface area (Å²) >= 11 is 0. The van der Waals surface area contributed by atoms with Crippen LogP contribution < -0.4 is 5.73 Å². The fourth-order valence-electron chi connectivity index (χ4n) is 3.34. The van der Waals surface area contributed by atoms with Crippen molar-refractivity contribution in [2.75, 3.05) is 13.1 Å². The van der Waals surface area contributed by atoms with Gasteiger partial charge in [-0.3, -0.25) is 4.90 Å². The summed E-state index contributed by atoms with van der Waals surface area (Å²) in [6, 6.07) is -2.52. The highest BCUT2D eigenvalue weighted by Gasteiger charge is 2.51. The molecule has 6 heteroatoms. The topological polar surface area (TPSA) is 49.5 Å². The zero-order valence-electron chi connectivity index (χ0n) is 9.82. The van der Waals surface area contributed by atoms with Gasteiger partial charge in [0, 0.05) is 25.0 Å². The number of rotatable bonds is 2. The molecule has 5 unspecified atom stereocenters. The van der Waals surface area contributed by atoms with Gasteiger partial charge in [-0.25, -0.2) is 0 Å². The van der Waals surface area contributed by atoms with Crippen LogP contribution in [0.4, 0.5) is 13.2 Å². The third kappa shape index (κ3) is 2.44. The smallest absolute Gasteiger partial charge is 0.393 e. The Morgan fingerprint density at radius 3 is 2.41 bits per heavy atom. The first-order valence-corrected chi connectivity index (χ1v) is 6.05. The fraction of sp³-hybridized carbons (Fsp3) is 1.00. The van der Waals surface area contributed by atoms with Crippen LogP contribution in [-0.2, 0) is 0 Å². The zero-order valence-corrected chi connectivity index (χ0v) is 9.82. The molecule has 0 bridgehead atoms. The lowest BCUT2D eigenvalue weighted by atomic mass is 10.00. The van der Waals surface area contributed by atoms with Crippen LogP contribution in [0.25, 0.3) is 0 Å². The average molecular weight is 252 g/mol. The van der Waals surface area contributed by atoms with Crippen molar-refractivity contribution < 1.29 is 18.3 Å². The van der Waals surface area contributed by atoms with E-state index < -0.39 is 24.4 Å². The van der Waals surface area contributed by atoms with Crippen molar-refractivity contribution in [2.24, 2.45) is 17.6 Å². The van der Waals surface area contributed by atoms with Crippen molar-refractivity contribution in [2.45, 2.75) is 44.1 Å². The maximum atomic E-state index is 12.9. The van der Waals surface area contributed by atoms with Crippen molar-refractivity contribution in [1.29, 1.82) is 0 Å². The average Bonchev–Trinajstić information content (AvgIpc) is 2.66. The summed E-state index contributed by atoms with van der Waals surface area (Å²) in [5.41, 5.74) is 5.46. The molecular weight excluding hydrogens is 233 g/mol. The number of nitrogens with two attached hydrogens (primary N) is 1. The lowest BCUT2D eigenvalue weighted by Gasteiger charge is -2.33. The van der Waals surface area contributed by atoms with E-state index in [9.17, 15) is 18.3 Å². The number of halogens is 3. The van der Waals surface area contributed by atoms with E-state index in [0.717, 1.165) is 12.8 Å². The van der Waals surface area contributed by atoms with Gasteiger partial charge in [0.25, 0.3) is 0 Å². The van der Waals surface area contributed by atoms with Crippen LogP contribution in [0.3, 0.4) is 0 Å². The molecule has 0 aromatic carbocycles. The normalized spacial score (nSPS) is 38.1. The number of aliphatic hydroxyl groups excluding tert-OH is 1. The third-order valence-corrected chi connectivity index (χ3v) is 4.07. The van der Waals surface area contributed by atoms with Crippen LogP contribution in [0.1, 0.15) is 19.8 Å². The predicted molar refractivity (Wildman–Crippen MR) is 57.3 cm³/mol. The summed E-state index contributed by atoms with van der Waals surface area (Å²) < 4.78 is 38.7. The summed E-state index contributed by atoms with van der Waals surface area (Å²) in [4.78, 5) is 1.41. The molecule has 17 heavy (non-hydrogen) atoms. The minimum atomic E-state index is -4.29. The van der Waals surface area contributed by atoms with Gasteiger partial charge < -0.3 is 10.8 Å². The molecule has 1 aliphatic carbocycles. The minimum Gasteiger partial charge on any atom is -0.393 e. The standard InChI is InChI=1S/C11H19F3N2O/c1-6(15)10(11(12,13)14)16-4-7-2-3-9(17)8(7)5-16/h6-10,17H,2-5,15H2,1H3. The Morgan fingerprint density at radius 2 is 1.94 bits per heavy atom. The molecule has 1 saturated carbocycles. The molecular formula is C11H19F3N2O. The highest BCUT2D eigenvalue weighted by Crippen LogP contribution is 2.41. The summed E-state index contributed by atoms with van der Waals surface area (Å²) in [5, 5.41) is 9.70. The largest absolute Gasteiger partial charge is 0.405 e. The van der Waals surface area contributed by atoms with Gasteiger partial charge in [0.15, 0.2) is 0 Å². The number of hydrogen-bond acceptors (Lipinski definition) is 3. The van der Waals surface area contributed by atoms with Crippen molar-refractivity contribution in [3.8, 4) is 0 Å². The molecule has 2 rings (SSSR count). The van der Waals surface area contributed by atoms with Crippen LogP contribution >= 0.6 is 0 Å². The molecule has 2 fully saturated rings.